The van der Waals surface area contributed by atoms with Gasteiger partial charge in [-0.15, -0.1) is 9.13 Å². The molecular weight excluding hydrogens is 85.0 g/mol. The lowest BCUT2D eigenvalue weighted by molar-refractivity contribution is -0.397. The molecule has 0 aromatic carbocycles. The Hall–Kier alpha value is -0.860. The van der Waals surface area contributed by atoms with Gasteiger partial charge in [0.15, 0.2) is 6.20 Å². The van der Waals surface area contributed by atoms with Crippen molar-refractivity contribution in [1.82, 2.24) is 0 Å². The molecule has 3 heteroatoms. The number of allylic oxidation sites excluding steroid dienone is 1. The number of hydrogen-bond acceptors (Lipinski definition) is 1. The van der Waals surface area contributed by atoms with E-state index in [2.05, 4.69) is 0 Å². The fourth-order valence-electron chi connectivity index (χ4n) is 0.192. The highest BCUT2D eigenvalue weighted by Gasteiger charge is 2.09. The molecule has 1 aliphatic heterocycles. The maximum atomic E-state index is 11.4. The second-order valence-electron chi connectivity index (χ2n) is 0.964. The van der Waals surface area contributed by atoms with Crippen LogP contribution in [0.5, 0.6) is 0 Å². The number of hydroxylamine groups is 1. The van der Waals surface area contributed by atoms with Crippen molar-refractivity contribution in [2.75, 3.05) is 0 Å². The van der Waals surface area contributed by atoms with E-state index in [-0.39, 0.29) is 4.74 Å². The topological polar surface area (TPSA) is 26.1 Å². The van der Waals surface area contributed by atoms with Crippen molar-refractivity contribution in [2.24, 2.45) is 0 Å². The van der Waals surface area contributed by atoms with Gasteiger partial charge in [0.2, 0.25) is 0 Å². The Balaban J connectivity index is 2.71. The zero-order chi connectivity index (χ0) is 4.57. The number of halogens is 1. The minimum atomic E-state index is -0.713. The summed E-state index contributed by atoms with van der Waals surface area (Å²) in [5, 5.41) is 9.65. The highest BCUT2D eigenvalue weighted by Crippen LogP contribution is 1.93. The van der Waals surface area contributed by atoms with Gasteiger partial charge in [-0.05, 0) is 0 Å². The average molecular weight is 87.1 g/mol. The van der Waals surface area contributed by atoms with E-state index in [0.29, 0.717) is 0 Å². The first kappa shape index (κ1) is 3.33. The van der Waals surface area contributed by atoms with E-state index in [9.17, 15) is 9.60 Å². The van der Waals surface area contributed by atoms with Crippen LogP contribution in [0.15, 0.2) is 12.3 Å². The second-order valence-corrected chi connectivity index (χ2v) is 0.964. The quantitative estimate of drug-likeness (QED) is 0.310. The van der Waals surface area contributed by atoms with Crippen molar-refractivity contribution in [3.05, 3.63) is 17.5 Å². The molecule has 2 nitrogen and oxygen atoms in total. The summed E-state index contributed by atoms with van der Waals surface area (Å²) in [6, 6.07) is 0. The maximum Gasteiger partial charge on any atom is 0.376 e. The van der Waals surface area contributed by atoms with Gasteiger partial charge in [-0.1, -0.05) is 0 Å². The van der Waals surface area contributed by atoms with Crippen molar-refractivity contribution in [3.8, 4) is 0 Å². The third kappa shape index (κ3) is 0.217. The summed E-state index contributed by atoms with van der Waals surface area (Å²) in [6.07, 6.45) is 2.21. The molecule has 0 radical (unpaired) electrons. The normalized spacial score (nSPS) is 18.2. The van der Waals surface area contributed by atoms with Gasteiger partial charge in [0, 0.05) is 0 Å². The Kier molecular flexibility index (Phi) is 0.445. The predicted octanol–water partition coefficient (Wildman–Crippen LogP) is 0.392. The lowest BCUT2D eigenvalue weighted by atomic mass is 10.5. The molecular formula is C3H2FNO. The van der Waals surface area contributed by atoms with E-state index in [4.69, 9.17) is 0 Å². The molecule has 0 amide bonds. The van der Waals surface area contributed by atoms with E-state index in [1.165, 1.54) is 0 Å². The van der Waals surface area contributed by atoms with Gasteiger partial charge >= 0.3 is 5.97 Å². The van der Waals surface area contributed by atoms with E-state index in [1.54, 1.807) is 0 Å². The van der Waals surface area contributed by atoms with Crippen molar-refractivity contribution in [2.45, 2.75) is 0 Å². The van der Waals surface area contributed by atoms with Gasteiger partial charge in [0.05, 0.1) is 0 Å². The molecule has 1 aliphatic rings. The van der Waals surface area contributed by atoms with Crippen LogP contribution in [-0.2, 0) is 0 Å². The molecule has 0 atom stereocenters. The van der Waals surface area contributed by atoms with E-state index in [1.807, 2.05) is 0 Å². The number of hydrogen-bond donors (Lipinski definition) is 0. The summed E-state index contributed by atoms with van der Waals surface area (Å²) in [4.78, 5) is 0. The smallest absolute Gasteiger partial charge is 0.376 e. The van der Waals surface area contributed by atoms with E-state index >= 15 is 0 Å². The van der Waals surface area contributed by atoms with Crippen LogP contribution in [0.1, 0.15) is 0 Å². The standard InChI is InChI=1S/C3H2FNO/c4-3-1-2-5(3)6/h1-2H. The SMILES string of the molecule is [O-][N+]1=C(F)C=C1. The molecule has 1 heterocycles. The Bertz CT molecular complexity index is 113. The first-order valence-electron chi connectivity index (χ1n) is 1.48. The molecule has 32 valence electrons. The van der Waals surface area contributed by atoms with E-state index in [0.717, 1.165) is 12.3 Å². The Labute approximate surface area is 33.8 Å². The Morgan fingerprint density at radius 2 is 2.33 bits per heavy atom. The van der Waals surface area contributed by atoms with Crippen LogP contribution < -0.4 is 0 Å². The first-order valence-corrected chi connectivity index (χ1v) is 1.48. The van der Waals surface area contributed by atoms with Crippen LogP contribution in [0, 0.1) is 5.21 Å². The lowest BCUT2D eigenvalue weighted by Crippen LogP contribution is -2.10. The van der Waals surface area contributed by atoms with Crippen molar-refractivity contribution in [1.29, 1.82) is 0 Å². The molecule has 0 aromatic rings. The molecule has 0 N–H and O–H groups in total. The van der Waals surface area contributed by atoms with Crippen LogP contribution in [-0.4, -0.2) is 10.7 Å². The van der Waals surface area contributed by atoms with Crippen LogP contribution in [0.3, 0.4) is 0 Å². The Morgan fingerprint density at radius 3 is 2.33 bits per heavy atom. The molecule has 0 fully saturated rings. The zero-order valence-electron chi connectivity index (χ0n) is 2.89. The summed E-state index contributed by atoms with van der Waals surface area (Å²) in [5.41, 5.74) is 0. The lowest BCUT2D eigenvalue weighted by Gasteiger charge is -1.99. The Morgan fingerprint density at radius 1 is 1.83 bits per heavy atom. The third-order valence-electron chi connectivity index (χ3n) is 0.558. The average Bonchev–Trinajstić information content (AvgIpc) is 1.61. The summed E-state index contributed by atoms with van der Waals surface area (Å²) in [7, 11) is 0. The predicted molar refractivity (Wildman–Crippen MR) is 18.9 cm³/mol. The van der Waals surface area contributed by atoms with Crippen molar-refractivity contribution < 1.29 is 9.13 Å². The summed E-state index contributed by atoms with van der Waals surface area (Å²) >= 11 is 0. The molecule has 0 bridgehead atoms. The molecule has 0 aromatic heterocycles. The van der Waals surface area contributed by atoms with Gasteiger partial charge < -0.3 is 5.21 Å². The minimum Gasteiger partial charge on any atom is -0.617 e. The number of rotatable bonds is 0. The molecule has 0 saturated carbocycles. The van der Waals surface area contributed by atoms with Crippen LogP contribution in [0.2, 0.25) is 0 Å². The van der Waals surface area contributed by atoms with Crippen molar-refractivity contribution in [3.63, 3.8) is 0 Å². The monoisotopic (exact) mass is 87.0 g/mol. The fraction of sp³-hybridized carbons (Fsp3) is 0. The molecule has 0 aliphatic carbocycles. The minimum absolute atomic E-state index is 0.167. The van der Waals surface area contributed by atoms with Crippen LogP contribution in [0.25, 0.3) is 0 Å². The van der Waals surface area contributed by atoms with E-state index < -0.39 is 5.97 Å². The fourth-order valence-corrected chi connectivity index (χ4v) is 0.192. The summed E-state index contributed by atoms with van der Waals surface area (Å²) in [5.74, 6) is -0.713. The first-order chi connectivity index (χ1) is 2.80. The zero-order valence-corrected chi connectivity index (χ0v) is 2.89. The van der Waals surface area contributed by atoms with Gasteiger partial charge in [0.1, 0.15) is 6.08 Å². The highest BCUT2D eigenvalue weighted by molar-refractivity contribution is 5.85. The van der Waals surface area contributed by atoms with Gasteiger partial charge in [-0.25, -0.2) is 0 Å². The molecule has 1 rings (SSSR count). The number of nitrogens with zero attached hydrogens (tertiary/aromatic N) is 1. The third-order valence-corrected chi connectivity index (χ3v) is 0.558. The van der Waals surface area contributed by atoms with Gasteiger partial charge in [-0.2, -0.15) is 0 Å². The summed E-state index contributed by atoms with van der Waals surface area (Å²) in [6.45, 7) is 0. The highest BCUT2D eigenvalue weighted by atomic mass is 19.1. The van der Waals surface area contributed by atoms with Crippen LogP contribution in [0.4, 0.5) is 4.39 Å². The molecule has 0 unspecified atom stereocenters. The van der Waals surface area contributed by atoms with Crippen molar-refractivity contribution >= 4 is 5.97 Å². The molecule has 0 saturated heterocycles. The summed E-state index contributed by atoms with van der Waals surface area (Å²) < 4.78 is 11.5. The molecule has 0 spiro atoms. The largest absolute Gasteiger partial charge is 0.617 e. The molecule has 6 heavy (non-hydrogen) atoms. The van der Waals surface area contributed by atoms with Gasteiger partial charge in [-0.3, -0.25) is 0 Å². The second kappa shape index (κ2) is 0.801. The van der Waals surface area contributed by atoms with Crippen LogP contribution >= 0.6 is 0 Å². The van der Waals surface area contributed by atoms with Gasteiger partial charge in [0.25, 0.3) is 0 Å². The maximum absolute atomic E-state index is 11.4.